The van der Waals surface area contributed by atoms with Gasteiger partial charge in [-0.2, -0.15) is 0 Å². The predicted molar refractivity (Wildman–Crippen MR) is 103 cm³/mol. The van der Waals surface area contributed by atoms with Crippen LogP contribution in [-0.4, -0.2) is 23.8 Å². The molecule has 1 heterocycles. The summed E-state index contributed by atoms with van der Waals surface area (Å²) in [6.07, 6.45) is 0.979. The van der Waals surface area contributed by atoms with E-state index >= 15 is 0 Å². The minimum atomic E-state index is -1.38. The molecule has 3 N–H and O–H groups in total. The fourth-order valence-corrected chi connectivity index (χ4v) is 2.46. The number of anilines is 3. The summed E-state index contributed by atoms with van der Waals surface area (Å²) in [6.45, 7) is 2.81. The fraction of sp³-hybridized carbons (Fsp3) is 0.150. The zero-order valence-corrected chi connectivity index (χ0v) is 15.9. The van der Waals surface area contributed by atoms with Crippen LogP contribution in [0.4, 0.5) is 30.6 Å². The molecular formula is C20H17F2N3O5. The molecule has 1 aliphatic heterocycles. The SMILES string of the molecule is CC1(C)OC(=O)C(=CNc2ccc(NC(=O)Nc3ccc(F)cc3)cc2F)C(=O)O1. The van der Waals surface area contributed by atoms with Gasteiger partial charge in [0.05, 0.1) is 5.69 Å². The number of nitrogens with one attached hydrogen (secondary N) is 3. The van der Waals surface area contributed by atoms with E-state index in [0.29, 0.717) is 5.69 Å². The number of carbonyl (C=O) groups is 3. The Kier molecular flexibility index (Phi) is 5.67. The summed E-state index contributed by atoms with van der Waals surface area (Å²) in [5.41, 5.74) is 0.0179. The smallest absolute Gasteiger partial charge is 0.350 e. The minimum Gasteiger partial charge on any atom is -0.419 e. The highest BCUT2D eigenvalue weighted by atomic mass is 19.1. The number of carbonyl (C=O) groups excluding carboxylic acids is 3. The van der Waals surface area contributed by atoms with Gasteiger partial charge >= 0.3 is 18.0 Å². The third-order valence-corrected chi connectivity index (χ3v) is 3.82. The number of esters is 2. The third-order valence-electron chi connectivity index (χ3n) is 3.82. The second-order valence-electron chi connectivity index (χ2n) is 6.66. The van der Waals surface area contributed by atoms with Gasteiger partial charge in [0.15, 0.2) is 5.57 Å². The maximum atomic E-state index is 14.3. The van der Waals surface area contributed by atoms with Crippen LogP contribution in [0.2, 0.25) is 0 Å². The van der Waals surface area contributed by atoms with Crippen LogP contribution < -0.4 is 16.0 Å². The molecule has 2 amide bonds. The van der Waals surface area contributed by atoms with E-state index in [1.165, 1.54) is 50.2 Å². The van der Waals surface area contributed by atoms with E-state index in [0.717, 1.165) is 12.3 Å². The second-order valence-corrected chi connectivity index (χ2v) is 6.66. The zero-order chi connectivity index (χ0) is 21.9. The maximum absolute atomic E-state index is 14.3. The first-order chi connectivity index (χ1) is 14.1. The fourth-order valence-electron chi connectivity index (χ4n) is 2.46. The Labute approximate surface area is 169 Å². The van der Waals surface area contributed by atoms with Gasteiger partial charge in [-0.1, -0.05) is 0 Å². The van der Waals surface area contributed by atoms with Crippen molar-refractivity contribution in [3.8, 4) is 0 Å². The van der Waals surface area contributed by atoms with Gasteiger partial charge in [0.2, 0.25) is 0 Å². The van der Waals surface area contributed by atoms with E-state index in [2.05, 4.69) is 16.0 Å². The molecule has 10 heteroatoms. The number of urea groups is 1. The maximum Gasteiger partial charge on any atom is 0.350 e. The van der Waals surface area contributed by atoms with Crippen molar-refractivity contribution in [2.75, 3.05) is 16.0 Å². The minimum absolute atomic E-state index is 0.0579. The van der Waals surface area contributed by atoms with E-state index in [1.807, 2.05) is 0 Å². The highest BCUT2D eigenvalue weighted by Gasteiger charge is 2.38. The van der Waals surface area contributed by atoms with Crippen molar-refractivity contribution in [3.05, 3.63) is 65.9 Å². The van der Waals surface area contributed by atoms with Gasteiger partial charge in [0, 0.05) is 31.4 Å². The standard InChI is InChI=1S/C20H17F2N3O5/c1-20(2)29-17(26)14(18(27)30-20)10-23-16-8-7-13(9-15(16)22)25-19(28)24-12-5-3-11(21)4-6-12/h3-10,23H,1-2H3,(H2,24,25,28). The van der Waals surface area contributed by atoms with E-state index in [-0.39, 0.29) is 11.4 Å². The lowest BCUT2D eigenvalue weighted by molar-refractivity contribution is -0.222. The number of benzene rings is 2. The highest BCUT2D eigenvalue weighted by Crippen LogP contribution is 2.24. The number of rotatable bonds is 4. The average Bonchev–Trinajstić information content (AvgIpc) is 2.63. The van der Waals surface area contributed by atoms with Gasteiger partial charge in [-0.25, -0.2) is 23.2 Å². The third kappa shape index (κ3) is 5.10. The molecule has 0 unspecified atom stereocenters. The number of hydrogen-bond acceptors (Lipinski definition) is 6. The first-order valence-electron chi connectivity index (χ1n) is 8.69. The van der Waals surface area contributed by atoms with Gasteiger partial charge in [-0.15, -0.1) is 0 Å². The summed E-state index contributed by atoms with van der Waals surface area (Å²) in [6, 6.07) is 8.19. The molecule has 2 aromatic rings. The molecule has 8 nitrogen and oxygen atoms in total. The molecule has 2 aromatic carbocycles. The Hall–Kier alpha value is -3.95. The van der Waals surface area contributed by atoms with Gasteiger partial charge in [0.1, 0.15) is 11.6 Å². The predicted octanol–water partition coefficient (Wildman–Crippen LogP) is 3.74. The Bertz CT molecular complexity index is 1010. The largest absolute Gasteiger partial charge is 0.419 e. The molecule has 156 valence electrons. The molecule has 0 spiro atoms. The van der Waals surface area contributed by atoms with E-state index < -0.39 is 41.0 Å². The first kappa shape index (κ1) is 20.8. The number of halogens is 2. The molecule has 3 rings (SSSR count). The number of ether oxygens (including phenoxy) is 2. The Balaban J connectivity index is 1.64. The van der Waals surface area contributed by atoms with Crippen molar-refractivity contribution in [1.82, 2.24) is 0 Å². The molecular weight excluding hydrogens is 400 g/mol. The Morgan fingerprint density at radius 1 is 0.933 bits per heavy atom. The lowest BCUT2D eigenvalue weighted by atomic mass is 10.2. The highest BCUT2D eigenvalue weighted by molar-refractivity contribution is 6.15. The van der Waals surface area contributed by atoms with Crippen molar-refractivity contribution in [3.63, 3.8) is 0 Å². The Morgan fingerprint density at radius 3 is 2.10 bits per heavy atom. The van der Waals surface area contributed by atoms with Crippen molar-refractivity contribution >= 4 is 35.0 Å². The van der Waals surface area contributed by atoms with Crippen LogP contribution >= 0.6 is 0 Å². The topological polar surface area (TPSA) is 106 Å². The molecule has 1 aliphatic rings. The Morgan fingerprint density at radius 2 is 1.50 bits per heavy atom. The van der Waals surface area contributed by atoms with Crippen LogP contribution in [0.5, 0.6) is 0 Å². The molecule has 0 aliphatic carbocycles. The van der Waals surface area contributed by atoms with Crippen molar-refractivity contribution in [2.24, 2.45) is 0 Å². The average molecular weight is 417 g/mol. The van der Waals surface area contributed by atoms with Crippen LogP contribution in [0.1, 0.15) is 13.8 Å². The van der Waals surface area contributed by atoms with Gasteiger partial charge < -0.3 is 25.4 Å². The van der Waals surface area contributed by atoms with E-state index in [1.54, 1.807) is 0 Å². The van der Waals surface area contributed by atoms with Crippen LogP contribution in [0, 0.1) is 11.6 Å². The second kappa shape index (κ2) is 8.19. The summed E-state index contributed by atoms with van der Waals surface area (Å²) < 4.78 is 37.1. The van der Waals surface area contributed by atoms with Crippen molar-refractivity contribution in [2.45, 2.75) is 19.6 Å². The molecule has 1 fully saturated rings. The lowest BCUT2D eigenvalue weighted by Gasteiger charge is -2.29. The molecule has 0 aromatic heterocycles. The lowest BCUT2D eigenvalue weighted by Crippen LogP contribution is -2.42. The molecule has 30 heavy (non-hydrogen) atoms. The summed E-state index contributed by atoms with van der Waals surface area (Å²) in [4.78, 5) is 35.7. The van der Waals surface area contributed by atoms with Gasteiger partial charge in [-0.3, -0.25) is 0 Å². The van der Waals surface area contributed by atoms with Gasteiger partial charge in [0.25, 0.3) is 5.79 Å². The molecule has 0 saturated carbocycles. The number of hydrogen-bond donors (Lipinski definition) is 3. The van der Waals surface area contributed by atoms with E-state index in [9.17, 15) is 23.2 Å². The van der Waals surface area contributed by atoms with Crippen molar-refractivity contribution in [1.29, 1.82) is 0 Å². The van der Waals surface area contributed by atoms with Crippen molar-refractivity contribution < 1.29 is 32.6 Å². The van der Waals surface area contributed by atoms with Crippen LogP contribution in [0.25, 0.3) is 0 Å². The van der Waals surface area contributed by atoms with Crippen LogP contribution in [0.3, 0.4) is 0 Å². The summed E-state index contributed by atoms with van der Waals surface area (Å²) in [5.74, 6) is -4.39. The molecule has 0 radical (unpaired) electrons. The molecule has 0 bridgehead atoms. The molecule has 0 atom stereocenters. The summed E-state index contributed by atoms with van der Waals surface area (Å²) in [5, 5.41) is 7.39. The zero-order valence-electron chi connectivity index (χ0n) is 15.9. The number of cyclic esters (lactones) is 2. The first-order valence-corrected chi connectivity index (χ1v) is 8.69. The summed E-state index contributed by atoms with van der Waals surface area (Å²) >= 11 is 0. The molecule has 1 saturated heterocycles. The van der Waals surface area contributed by atoms with Crippen LogP contribution in [-0.2, 0) is 19.1 Å². The summed E-state index contributed by atoms with van der Waals surface area (Å²) in [7, 11) is 0. The van der Waals surface area contributed by atoms with Crippen LogP contribution in [0.15, 0.2) is 54.2 Å². The normalized spacial score (nSPS) is 15.0. The number of amides is 2. The quantitative estimate of drug-likeness (QED) is 0.398. The monoisotopic (exact) mass is 417 g/mol. The van der Waals surface area contributed by atoms with E-state index in [4.69, 9.17) is 9.47 Å². The van der Waals surface area contributed by atoms with Gasteiger partial charge in [-0.05, 0) is 42.5 Å².